The van der Waals surface area contributed by atoms with Gasteiger partial charge in [-0.05, 0) is 30.7 Å². The summed E-state index contributed by atoms with van der Waals surface area (Å²) in [5, 5.41) is 1.49. The van der Waals surface area contributed by atoms with E-state index in [0.29, 0.717) is 17.3 Å². The molecule has 0 aliphatic rings. The predicted octanol–water partition coefficient (Wildman–Crippen LogP) is 2.60. The molecule has 1 aromatic heterocycles. The standard InChI is InChI=1S/C11H12ClNO2/c1-14-11-8-3-5-15-10(8)7(2-4-13)6-9(11)12/h3,5-6H,2,4,13H2,1H3. The molecule has 4 heteroatoms. The Balaban J connectivity index is 2.69. The molecule has 0 spiro atoms. The zero-order chi connectivity index (χ0) is 10.8. The van der Waals surface area contributed by atoms with Gasteiger partial charge in [0.15, 0.2) is 0 Å². The van der Waals surface area contributed by atoms with E-state index in [0.717, 1.165) is 23.0 Å². The van der Waals surface area contributed by atoms with E-state index in [1.54, 1.807) is 13.4 Å². The fraction of sp³-hybridized carbons (Fsp3) is 0.273. The van der Waals surface area contributed by atoms with Crippen molar-refractivity contribution in [2.75, 3.05) is 13.7 Å². The Morgan fingerprint density at radius 1 is 1.53 bits per heavy atom. The highest BCUT2D eigenvalue weighted by Crippen LogP contribution is 2.36. The van der Waals surface area contributed by atoms with Crippen LogP contribution in [-0.2, 0) is 6.42 Å². The van der Waals surface area contributed by atoms with E-state index in [-0.39, 0.29) is 0 Å². The van der Waals surface area contributed by atoms with Crippen LogP contribution >= 0.6 is 11.6 Å². The fourth-order valence-corrected chi connectivity index (χ4v) is 2.01. The molecule has 0 saturated carbocycles. The lowest BCUT2D eigenvalue weighted by Gasteiger charge is -2.07. The van der Waals surface area contributed by atoms with Crippen molar-refractivity contribution < 1.29 is 9.15 Å². The predicted molar refractivity (Wildman–Crippen MR) is 60.5 cm³/mol. The van der Waals surface area contributed by atoms with Gasteiger partial charge in [-0.2, -0.15) is 0 Å². The molecule has 1 aromatic carbocycles. The summed E-state index contributed by atoms with van der Waals surface area (Å²) in [6.45, 7) is 0.568. The minimum absolute atomic E-state index is 0.568. The van der Waals surface area contributed by atoms with Gasteiger partial charge in [0, 0.05) is 0 Å². The SMILES string of the molecule is COc1c(Cl)cc(CCN)c2occc12. The third-order valence-electron chi connectivity index (χ3n) is 2.34. The van der Waals surface area contributed by atoms with Crippen molar-refractivity contribution in [1.29, 1.82) is 0 Å². The first-order valence-electron chi connectivity index (χ1n) is 4.70. The van der Waals surface area contributed by atoms with Gasteiger partial charge in [-0.3, -0.25) is 0 Å². The maximum Gasteiger partial charge on any atom is 0.148 e. The summed E-state index contributed by atoms with van der Waals surface area (Å²) in [4.78, 5) is 0. The minimum Gasteiger partial charge on any atom is -0.494 e. The van der Waals surface area contributed by atoms with Gasteiger partial charge in [-0.15, -0.1) is 0 Å². The molecule has 2 aromatic rings. The lowest BCUT2D eigenvalue weighted by atomic mass is 10.1. The van der Waals surface area contributed by atoms with Crippen molar-refractivity contribution in [3.63, 3.8) is 0 Å². The number of fused-ring (bicyclic) bond motifs is 1. The Morgan fingerprint density at radius 3 is 3.00 bits per heavy atom. The van der Waals surface area contributed by atoms with Gasteiger partial charge in [0.1, 0.15) is 11.3 Å². The molecule has 0 aliphatic heterocycles. The Bertz CT molecular complexity index is 479. The largest absolute Gasteiger partial charge is 0.494 e. The van der Waals surface area contributed by atoms with Gasteiger partial charge in [-0.25, -0.2) is 0 Å². The second kappa shape index (κ2) is 4.13. The van der Waals surface area contributed by atoms with Crippen molar-refractivity contribution in [3.05, 3.63) is 29.0 Å². The number of nitrogens with two attached hydrogens (primary N) is 1. The quantitative estimate of drug-likeness (QED) is 0.874. The summed E-state index contributed by atoms with van der Waals surface area (Å²) in [5.74, 6) is 0.654. The Labute approximate surface area is 92.8 Å². The van der Waals surface area contributed by atoms with Gasteiger partial charge in [0.05, 0.1) is 23.8 Å². The molecular formula is C11H12ClNO2. The van der Waals surface area contributed by atoms with Gasteiger partial charge in [-0.1, -0.05) is 11.6 Å². The van der Waals surface area contributed by atoms with Crippen LogP contribution in [0.15, 0.2) is 22.8 Å². The van der Waals surface area contributed by atoms with Crippen molar-refractivity contribution in [1.82, 2.24) is 0 Å². The summed E-state index contributed by atoms with van der Waals surface area (Å²) < 4.78 is 10.6. The molecule has 0 fully saturated rings. The number of ether oxygens (including phenoxy) is 1. The maximum absolute atomic E-state index is 6.09. The maximum atomic E-state index is 6.09. The van der Waals surface area contributed by atoms with E-state index in [2.05, 4.69) is 0 Å². The number of furan rings is 1. The molecule has 0 bridgehead atoms. The Kier molecular flexibility index (Phi) is 2.84. The molecule has 80 valence electrons. The van der Waals surface area contributed by atoms with Crippen LogP contribution in [0.3, 0.4) is 0 Å². The zero-order valence-corrected chi connectivity index (χ0v) is 9.17. The van der Waals surface area contributed by atoms with Crippen molar-refractivity contribution in [3.8, 4) is 5.75 Å². The molecule has 0 aliphatic carbocycles. The van der Waals surface area contributed by atoms with Crippen LogP contribution in [0.2, 0.25) is 5.02 Å². The summed E-state index contributed by atoms with van der Waals surface area (Å²) >= 11 is 6.09. The molecule has 1 heterocycles. The highest BCUT2D eigenvalue weighted by Gasteiger charge is 2.13. The first kappa shape index (κ1) is 10.3. The Morgan fingerprint density at radius 2 is 2.33 bits per heavy atom. The van der Waals surface area contributed by atoms with Gasteiger partial charge < -0.3 is 14.9 Å². The molecule has 15 heavy (non-hydrogen) atoms. The number of hydrogen-bond donors (Lipinski definition) is 1. The summed E-state index contributed by atoms with van der Waals surface area (Å²) in [7, 11) is 1.59. The second-order valence-corrected chi connectivity index (χ2v) is 3.66. The van der Waals surface area contributed by atoms with E-state index in [4.69, 9.17) is 26.5 Å². The molecule has 0 unspecified atom stereocenters. The second-order valence-electron chi connectivity index (χ2n) is 3.25. The molecule has 0 saturated heterocycles. The third-order valence-corrected chi connectivity index (χ3v) is 2.62. The van der Waals surface area contributed by atoms with Crippen molar-refractivity contribution >= 4 is 22.6 Å². The van der Waals surface area contributed by atoms with Gasteiger partial charge in [0.2, 0.25) is 0 Å². The number of methoxy groups -OCH3 is 1. The third kappa shape index (κ3) is 1.68. The van der Waals surface area contributed by atoms with Crippen LogP contribution in [0.4, 0.5) is 0 Å². The van der Waals surface area contributed by atoms with Crippen molar-refractivity contribution in [2.24, 2.45) is 5.73 Å². The van der Waals surface area contributed by atoms with E-state index in [1.165, 1.54) is 0 Å². The molecular weight excluding hydrogens is 214 g/mol. The molecule has 2 rings (SSSR count). The summed E-state index contributed by atoms with van der Waals surface area (Å²) in [6, 6.07) is 3.69. The first-order chi connectivity index (χ1) is 7.27. The van der Waals surface area contributed by atoms with Crippen LogP contribution in [0.25, 0.3) is 11.0 Å². The average molecular weight is 226 g/mol. The smallest absolute Gasteiger partial charge is 0.148 e. The lowest BCUT2D eigenvalue weighted by Crippen LogP contribution is -2.03. The number of halogens is 1. The van der Waals surface area contributed by atoms with E-state index >= 15 is 0 Å². The normalized spacial score (nSPS) is 10.9. The number of hydrogen-bond acceptors (Lipinski definition) is 3. The first-order valence-corrected chi connectivity index (χ1v) is 5.08. The van der Waals surface area contributed by atoms with Crippen LogP contribution < -0.4 is 10.5 Å². The van der Waals surface area contributed by atoms with Gasteiger partial charge in [0.25, 0.3) is 0 Å². The van der Waals surface area contributed by atoms with Crippen LogP contribution in [0.1, 0.15) is 5.56 Å². The molecule has 0 radical (unpaired) electrons. The summed E-state index contributed by atoms with van der Waals surface area (Å²) in [6.07, 6.45) is 2.37. The van der Waals surface area contributed by atoms with Crippen LogP contribution in [0, 0.1) is 0 Å². The molecule has 0 atom stereocenters. The average Bonchev–Trinajstić information content (AvgIpc) is 2.67. The topological polar surface area (TPSA) is 48.4 Å². The van der Waals surface area contributed by atoms with Gasteiger partial charge >= 0.3 is 0 Å². The molecule has 2 N–H and O–H groups in total. The fourth-order valence-electron chi connectivity index (χ4n) is 1.70. The molecule has 3 nitrogen and oxygen atoms in total. The van der Waals surface area contributed by atoms with Crippen molar-refractivity contribution in [2.45, 2.75) is 6.42 Å². The van der Waals surface area contributed by atoms with Crippen LogP contribution in [-0.4, -0.2) is 13.7 Å². The van der Waals surface area contributed by atoms with Crippen LogP contribution in [0.5, 0.6) is 5.75 Å². The lowest BCUT2D eigenvalue weighted by molar-refractivity contribution is 0.419. The van der Waals surface area contributed by atoms with E-state index < -0.39 is 0 Å². The zero-order valence-electron chi connectivity index (χ0n) is 8.42. The highest BCUT2D eigenvalue weighted by molar-refractivity contribution is 6.33. The summed E-state index contributed by atoms with van der Waals surface area (Å²) in [5.41, 5.74) is 7.35. The Hall–Kier alpha value is -1.19. The van der Waals surface area contributed by atoms with E-state index in [1.807, 2.05) is 12.1 Å². The highest BCUT2D eigenvalue weighted by atomic mass is 35.5. The van der Waals surface area contributed by atoms with E-state index in [9.17, 15) is 0 Å². The number of benzene rings is 1. The minimum atomic E-state index is 0.568. The number of rotatable bonds is 3. The monoisotopic (exact) mass is 225 g/mol. The molecule has 0 amide bonds.